The van der Waals surface area contributed by atoms with E-state index >= 15 is 0 Å². The van der Waals surface area contributed by atoms with Gasteiger partial charge in [0, 0.05) is 5.92 Å². The van der Waals surface area contributed by atoms with Gasteiger partial charge in [-0.15, -0.1) is 0 Å². The Labute approximate surface area is 182 Å². The maximum absolute atomic E-state index is 13.5. The fraction of sp³-hybridized carbons (Fsp3) is 0.222. The number of amides is 2. The van der Waals surface area contributed by atoms with Gasteiger partial charge in [-0.3, -0.25) is 19.7 Å². The fourth-order valence-corrected chi connectivity index (χ4v) is 4.40. The monoisotopic (exact) mass is 411 g/mol. The van der Waals surface area contributed by atoms with Crippen LogP contribution in [-0.2, 0) is 20.8 Å². The Balaban J connectivity index is 1.59. The van der Waals surface area contributed by atoms with E-state index in [0.717, 1.165) is 17.5 Å². The number of Topliss-reactive ketones (excluding diaryl/α,β-unsaturated/α-hetero) is 1. The van der Waals surface area contributed by atoms with E-state index in [1.165, 1.54) is 5.56 Å². The third kappa shape index (κ3) is 4.64. The Kier molecular flexibility index (Phi) is 6.37. The standard InChI is InChI=1S/C27H25NO3/c29-25-22(18-10-13-19-11-4-1-5-12-19)26(30)28-27(31)24(25)23(20-14-6-2-7-15-20)21-16-8-3-9-17-21/h1-9,11-12,14-17,22-24H,10,13,18H2,(H,28,30,31). The van der Waals surface area contributed by atoms with Crippen LogP contribution < -0.4 is 5.32 Å². The summed E-state index contributed by atoms with van der Waals surface area (Å²) in [6, 6.07) is 29.1. The summed E-state index contributed by atoms with van der Waals surface area (Å²) in [5.41, 5.74) is 2.95. The van der Waals surface area contributed by atoms with Gasteiger partial charge in [0.05, 0.1) is 5.92 Å². The second-order valence-corrected chi connectivity index (χ2v) is 7.96. The molecule has 0 radical (unpaired) electrons. The van der Waals surface area contributed by atoms with Crippen molar-refractivity contribution < 1.29 is 14.4 Å². The SMILES string of the molecule is O=C1NC(=O)C(C(c2ccccc2)c2ccccc2)C(=O)C1CCCc1ccccc1. The number of carbonyl (C=O) groups is 3. The average molecular weight is 412 g/mol. The first-order valence-corrected chi connectivity index (χ1v) is 10.7. The van der Waals surface area contributed by atoms with Crippen LogP contribution in [0, 0.1) is 11.8 Å². The molecule has 4 rings (SSSR count). The number of aryl methyl sites for hydroxylation is 1. The largest absolute Gasteiger partial charge is 0.298 e. The van der Waals surface area contributed by atoms with Gasteiger partial charge in [-0.25, -0.2) is 0 Å². The molecule has 31 heavy (non-hydrogen) atoms. The first kappa shape index (κ1) is 20.7. The van der Waals surface area contributed by atoms with Gasteiger partial charge < -0.3 is 0 Å². The molecule has 1 N–H and O–H groups in total. The van der Waals surface area contributed by atoms with Crippen molar-refractivity contribution in [2.75, 3.05) is 0 Å². The minimum Gasteiger partial charge on any atom is -0.298 e. The molecule has 0 saturated carbocycles. The topological polar surface area (TPSA) is 63.2 Å². The highest BCUT2D eigenvalue weighted by molar-refractivity contribution is 6.20. The van der Waals surface area contributed by atoms with Gasteiger partial charge in [0.15, 0.2) is 5.78 Å². The number of hydrogen-bond acceptors (Lipinski definition) is 3. The molecule has 2 unspecified atom stereocenters. The lowest BCUT2D eigenvalue weighted by molar-refractivity contribution is -0.148. The van der Waals surface area contributed by atoms with Gasteiger partial charge in [0.2, 0.25) is 11.8 Å². The fourth-order valence-electron chi connectivity index (χ4n) is 4.40. The van der Waals surface area contributed by atoms with Crippen molar-refractivity contribution in [3.63, 3.8) is 0 Å². The summed E-state index contributed by atoms with van der Waals surface area (Å²) in [5, 5.41) is 2.48. The Hall–Kier alpha value is -3.53. The van der Waals surface area contributed by atoms with E-state index in [0.29, 0.717) is 12.8 Å². The van der Waals surface area contributed by atoms with Gasteiger partial charge in [-0.1, -0.05) is 91.0 Å². The number of nitrogens with one attached hydrogen (secondary N) is 1. The summed E-state index contributed by atoms with van der Waals surface area (Å²) in [4.78, 5) is 38.9. The molecule has 1 saturated heterocycles. The van der Waals surface area contributed by atoms with E-state index < -0.39 is 29.6 Å². The van der Waals surface area contributed by atoms with Gasteiger partial charge >= 0.3 is 0 Å². The van der Waals surface area contributed by atoms with Crippen molar-refractivity contribution in [2.45, 2.75) is 25.2 Å². The van der Waals surface area contributed by atoms with E-state index in [4.69, 9.17) is 0 Å². The lowest BCUT2D eigenvalue weighted by atomic mass is 9.72. The molecule has 2 atom stereocenters. The van der Waals surface area contributed by atoms with Crippen LogP contribution >= 0.6 is 0 Å². The van der Waals surface area contributed by atoms with Crippen LogP contribution in [0.2, 0.25) is 0 Å². The highest BCUT2D eigenvalue weighted by atomic mass is 16.2. The van der Waals surface area contributed by atoms with Crippen LogP contribution in [0.5, 0.6) is 0 Å². The molecule has 0 bridgehead atoms. The molecule has 0 aliphatic carbocycles. The molecule has 1 fully saturated rings. The summed E-state index contributed by atoms with van der Waals surface area (Å²) in [6.45, 7) is 0. The first-order valence-electron chi connectivity index (χ1n) is 10.7. The molecule has 1 heterocycles. The second kappa shape index (κ2) is 9.52. The van der Waals surface area contributed by atoms with Crippen LogP contribution in [-0.4, -0.2) is 17.6 Å². The average Bonchev–Trinajstić information content (AvgIpc) is 2.80. The summed E-state index contributed by atoms with van der Waals surface area (Å²) in [7, 11) is 0. The van der Waals surface area contributed by atoms with E-state index in [1.54, 1.807) is 0 Å². The third-order valence-corrected chi connectivity index (χ3v) is 5.95. The smallest absolute Gasteiger partial charge is 0.238 e. The Bertz CT molecular complexity index is 1010. The summed E-state index contributed by atoms with van der Waals surface area (Å²) in [5.74, 6) is -3.42. The molecular formula is C27H25NO3. The van der Waals surface area contributed by atoms with E-state index in [-0.39, 0.29) is 5.78 Å². The number of ketones is 1. The first-order chi connectivity index (χ1) is 15.1. The molecule has 4 nitrogen and oxygen atoms in total. The van der Waals surface area contributed by atoms with Crippen LogP contribution in [0.1, 0.15) is 35.4 Å². The molecule has 2 amide bonds. The molecule has 156 valence electrons. The minimum absolute atomic E-state index is 0.278. The van der Waals surface area contributed by atoms with Gasteiger partial charge in [-0.2, -0.15) is 0 Å². The van der Waals surface area contributed by atoms with Crippen molar-refractivity contribution in [1.29, 1.82) is 0 Å². The number of piperidine rings is 1. The summed E-state index contributed by atoms with van der Waals surface area (Å²) < 4.78 is 0. The Morgan fingerprint density at radius 3 is 1.74 bits per heavy atom. The maximum Gasteiger partial charge on any atom is 0.238 e. The van der Waals surface area contributed by atoms with Crippen molar-refractivity contribution >= 4 is 17.6 Å². The van der Waals surface area contributed by atoms with Gasteiger partial charge in [0.1, 0.15) is 5.92 Å². The zero-order valence-corrected chi connectivity index (χ0v) is 17.2. The van der Waals surface area contributed by atoms with E-state index in [9.17, 15) is 14.4 Å². The van der Waals surface area contributed by atoms with Gasteiger partial charge in [0.25, 0.3) is 0 Å². The highest BCUT2D eigenvalue weighted by Crippen LogP contribution is 2.36. The quantitative estimate of drug-likeness (QED) is 0.466. The molecule has 0 spiro atoms. The lowest BCUT2D eigenvalue weighted by Crippen LogP contribution is -2.54. The highest BCUT2D eigenvalue weighted by Gasteiger charge is 2.46. The molecule has 1 aliphatic rings. The zero-order chi connectivity index (χ0) is 21.6. The van der Waals surface area contributed by atoms with Crippen LogP contribution in [0.4, 0.5) is 0 Å². The number of carbonyl (C=O) groups excluding carboxylic acids is 3. The predicted molar refractivity (Wildman–Crippen MR) is 119 cm³/mol. The number of imide groups is 1. The molecule has 3 aromatic rings. The van der Waals surface area contributed by atoms with Crippen LogP contribution in [0.15, 0.2) is 91.0 Å². The van der Waals surface area contributed by atoms with Crippen molar-refractivity contribution in [2.24, 2.45) is 11.8 Å². The Morgan fingerprint density at radius 1 is 0.677 bits per heavy atom. The number of rotatable bonds is 7. The number of hydrogen-bond donors (Lipinski definition) is 1. The summed E-state index contributed by atoms with van der Waals surface area (Å²) in [6.07, 6.45) is 1.92. The molecule has 3 aromatic carbocycles. The zero-order valence-electron chi connectivity index (χ0n) is 17.2. The van der Waals surface area contributed by atoms with Crippen molar-refractivity contribution in [1.82, 2.24) is 5.32 Å². The van der Waals surface area contributed by atoms with Gasteiger partial charge in [-0.05, 0) is 36.0 Å². The lowest BCUT2D eigenvalue weighted by Gasteiger charge is -2.32. The van der Waals surface area contributed by atoms with E-state index in [1.807, 2.05) is 91.0 Å². The third-order valence-electron chi connectivity index (χ3n) is 5.95. The van der Waals surface area contributed by atoms with Crippen LogP contribution in [0.25, 0.3) is 0 Å². The van der Waals surface area contributed by atoms with Crippen molar-refractivity contribution in [3.05, 3.63) is 108 Å². The van der Waals surface area contributed by atoms with Crippen molar-refractivity contribution in [3.8, 4) is 0 Å². The maximum atomic E-state index is 13.5. The normalized spacial score (nSPS) is 18.8. The molecule has 1 aliphatic heterocycles. The van der Waals surface area contributed by atoms with E-state index in [2.05, 4.69) is 5.32 Å². The predicted octanol–water partition coefficient (Wildman–Crippen LogP) is 4.30. The van der Waals surface area contributed by atoms with Crippen LogP contribution in [0.3, 0.4) is 0 Å². The Morgan fingerprint density at radius 2 is 1.19 bits per heavy atom. The minimum atomic E-state index is -0.927. The molecular weight excluding hydrogens is 386 g/mol. The summed E-state index contributed by atoms with van der Waals surface area (Å²) >= 11 is 0. The molecule has 0 aromatic heterocycles. The second-order valence-electron chi connectivity index (χ2n) is 7.96. The number of benzene rings is 3. The molecule has 4 heteroatoms.